The Morgan fingerprint density at radius 3 is 2.52 bits per heavy atom. The first-order valence-electron chi connectivity index (χ1n) is 7.20. The Labute approximate surface area is 139 Å². The van der Waals surface area contributed by atoms with Crippen molar-refractivity contribution in [2.75, 3.05) is 13.7 Å². The van der Waals surface area contributed by atoms with Crippen molar-refractivity contribution in [3.8, 4) is 0 Å². The van der Waals surface area contributed by atoms with Crippen LogP contribution in [0.15, 0.2) is 64.5 Å². The minimum atomic E-state index is -0.307. The lowest BCUT2D eigenvalue weighted by molar-refractivity contribution is -0.160. The van der Waals surface area contributed by atoms with E-state index in [-0.39, 0.29) is 18.8 Å². The molecule has 23 heavy (non-hydrogen) atoms. The van der Waals surface area contributed by atoms with Gasteiger partial charge in [0.2, 0.25) is 5.90 Å². The van der Waals surface area contributed by atoms with E-state index in [0.29, 0.717) is 5.90 Å². The fourth-order valence-corrected chi connectivity index (χ4v) is 2.78. The van der Waals surface area contributed by atoms with Crippen LogP contribution in [0.1, 0.15) is 17.2 Å². The highest BCUT2D eigenvalue weighted by Gasteiger charge is 2.32. The lowest BCUT2D eigenvalue weighted by Gasteiger charge is -2.16. The molecule has 0 saturated heterocycles. The maximum Gasteiger partial charge on any atom is 0.217 e. The summed E-state index contributed by atoms with van der Waals surface area (Å²) in [4.78, 5) is 9.98. The minimum absolute atomic E-state index is 0.0652. The van der Waals surface area contributed by atoms with E-state index in [1.807, 2.05) is 54.6 Å². The third-order valence-corrected chi connectivity index (χ3v) is 4.15. The molecule has 2 atom stereocenters. The second-order valence-corrected chi connectivity index (χ2v) is 5.75. The number of aliphatic imine (C=N–C) groups is 1. The molecule has 6 heteroatoms. The largest absolute Gasteiger partial charge is 0.467 e. The summed E-state index contributed by atoms with van der Waals surface area (Å²) in [5.74, 6) is 0.566. The number of ether oxygens (including phenoxy) is 1. The predicted molar refractivity (Wildman–Crippen MR) is 88.1 cm³/mol. The lowest BCUT2D eigenvalue weighted by Crippen LogP contribution is -2.17. The van der Waals surface area contributed by atoms with Gasteiger partial charge in [-0.05, 0) is 29.8 Å². The van der Waals surface area contributed by atoms with Crippen molar-refractivity contribution >= 4 is 17.9 Å². The molecule has 0 radical (unpaired) electrons. The maximum absolute atomic E-state index is 9.61. The molecule has 0 aliphatic carbocycles. The van der Waals surface area contributed by atoms with Crippen molar-refractivity contribution in [1.82, 2.24) is 0 Å². The van der Waals surface area contributed by atoms with Gasteiger partial charge >= 0.3 is 0 Å². The lowest BCUT2D eigenvalue weighted by atomic mass is 10.0. The van der Waals surface area contributed by atoms with Crippen LogP contribution in [0.2, 0.25) is 0 Å². The number of rotatable bonds is 6. The Morgan fingerprint density at radius 1 is 1.13 bits per heavy atom. The van der Waals surface area contributed by atoms with Crippen molar-refractivity contribution in [2.45, 2.75) is 17.0 Å². The summed E-state index contributed by atoms with van der Waals surface area (Å²) in [5, 5.41) is 9.61. The molecule has 0 spiro atoms. The van der Waals surface area contributed by atoms with Crippen LogP contribution in [-0.2, 0) is 14.0 Å². The van der Waals surface area contributed by atoms with Crippen LogP contribution in [0, 0.1) is 0 Å². The van der Waals surface area contributed by atoms with E-state index in [1.54, 1.807) is 0 Å². The average molecular weight is 331 g/mol. The van der Waals surface area contributed by atoms with Gasteiger partial charge in [0, 0.05) is 10.5 Å². The monoisotopic (exact) mass is 331 g/mol. The molecule has 0 aromatic heterocycles. The number of aliphatic hydroxyl groups excluding tert-OH is 1. The zero-order chi connectivity index (χ0) is 16.1. The molecular formula is C17H17NO4S. The van der Waals surface area contributed by atoms with Gasteiger partial charge in [-0.2, -0.15) is 4.33 Å². The Kier molecular flexibility index (Phi) is 5.30. The number of benzene rings is 2. The van der Waals surface area contributed by atoms with E-state index in [2.05, 4.69) is 9.88 Å². The maximum atomic E-state index is 9.61. The van der Waals surface area contributed by atoms with Gasteiger partial charge in [-0.3, -0.25) is 0 Å². The molecule has 2 aromatic carbocycles. The molecule has 120 valence electrons. The van der Waals surface area contributed by atoms with Crippen molar-refractivity contribution in [3.63, 3.8) is 0 Å². The molecule has 3 rings (SSSR count). The van der Waals surface area contributed by atoms with Gasteiger partial charge in [-0.25, -0.2) is 9.88 Å². The molecule has 2 aromatic rings. The van der Waals surface area contributed by atoms with Crippen molar-refractivity contribution < 1.29 is 19.1 Å². The molecule has 1 aliphatic heterocycles. The van der Waals surface area contributed by atoms with E-state index in [4.69, 9.17) is 9.07 Å². The van der Waals surface area contributed by atoms with Crippen LogP contribution in [-0.4, -0.2) is 30.8 Å². The quantitative estimate of drug-likeness (QED) is 0.500. The molecule has 0 fully saturated rings. The van der Waals surface area contributed by atoms with Crippen LogP contribution in [0.25, 0.3) is 0 Å². The number of nitrogens with zero attached hydrogens (tertiary/aromatic N) is 1. The molecule has 0 amide bonds. The van der Waals surface area contributed by atoms with E-state index >= 15 is 0 Å². The second kappa shape index (κ2) is 7.61. The van der Waals surface area contributed by atoms with Crippen LogP contribution >= 0.6 is 12.0 Å². The molecular weight excluding hydrogens is 314 g/mol. The van der Waals surface area contributed by atoms with Crippen LogP contribution in [0.5, 0.6) is 0 Å². The summed E-state index contributed by atoms with van der Waals surface area (Å²) in [6, 6.07) is 17.1. The summed E-state index contributed by atoms with van der Waals surface area (Å²) in [6.07, 6.45) is -0.294. The summed E-state index contributed by atoms with van der Waals surface area (Å²) >= 11 is 1.13. The van der Waals surface area contributed by atoms with Crippen molar-refractivity contribution in [3.05, 3.63) is 65.7 Å². The number of aliphatic hydroxyl groups is 1. The van der Waals surface area contributed by atoms with Gasteiger partial charge in [0.05, 0.1) is 25.8 Å². The van der Waals surface area contributed by atoms with Crippen molar-refractivity contribution in [1.29, 1.82) is 0 Å². The van der Waals surface area contributed by atoms with Gasteiger partial charge in [-0.15, -0.1) is 0 Å². The first-order chi connectivity index (χ1) is 11.3. The highest BCUT2D eigenvalue weighted by Crippen LogP contribution is 2.32. The standard InChI is InChI=1S/C17H17NO4S/c1-20-22-23-14-9-7-12(8-10-14)16-15(11-19)18-17(21-16)13-5-3-2-4-6-13/h2-10,15-16,19H,11H2,1H3. The SMILES string of the molecule is COOSc1ccc(C2OC(c3ccccc3)=NC2CO)cc1. The topological polar surface area (TPSA) is 60.3 Å². The van der Waals surface area contributed by atoms with Gasteiger partial charge in [0.1, 0.15) is 6.04 Å². The molecule has 0 bridgehead atoms. The summed E-state index contributed by atoms with van der Waals surface area (Å²) in [7, 11) is 1.46. The van der Waals surface area contributed by atoms with E-state index in [1.165, 1.54) is 7.11 Å². The Morgan fingerprint density at radius 2 is 1.87 bits per heavy atom. The van der Waals surface area contributed by atoms with Crippen LogP contribution < -0.4 is 0 Å². The molecule has 1 aliphatic rings. The normalized spacial score (nSPS) is 20.2. The number of hydrogen-bond acceptors (Lipinski definition) is 6. The van der Waals surface area contributed by atoms with Gasteiger partial charge in [0.25, 0.3) is 0 Å². The smallest absolute Gasteiger partial charge is 0.217 e. The van der Waals surface area contributed by atoms with Gasteiger partial charge in [0.15, 0.2) is 6.10 Å². The zero-order valence-corrected chi connectivity index (χ0v) is 13.4. The fourth-order valence-electron chi connectivity index (χ4n) is 2.38. The highest BCUT2D eigenvalue weighted by molar-refractivity contribution is 7.94. The van der Waals surface area contributed by atoms with E-state index < -0.39 is 0 Å². The summed E-state index contributed by atoms with van der Waals surface area (Å²) < 4.78 is 10.8. The summed E-state index contributed by atoms with van der Waals surface area (Å²) in [5.41, 5.74) is 1.87. The molecule has 1 heterocycles. The fraction of sp³-hybridized carbons (Fsp3) is 0.235. The van der Waals surface area contributed by atoms with Crippen LogP contribution in [0.4, 0.5) is 0 Å². The summed E-state index contributed by atoms with van der Waals surface area (Å²) in [6.45, 7) is -0.0652. The van der Waals surface area contributed by atoms with E-state index in [0.717, 1.165) is 28.1 Å². The minimum Gasteiger partial charge on any atom is -0.467 e. The van der Waals surface area contributed by atoms with Gasteiger partial charge in [-0.1, -0.05) is 30.3 Å². The molecule has 2 unspecified atom stereocenters. The Hall–Kier alpha value is -1.86. The second-order valence-electron chi connectivity index (χ2n) is 4.98. The Bertz CT molecular complexity index is 660. The van der Waals surface area contributed by atoms with E-state index in [9.17, 15) is 5.11 Å². The molecule has 1 N–H and O–H groups in total. The van der Waals surface area contributed by atoms with Crippen molar-refractivity contribution in [2.24, 2.45) is 4.99 Å². The third kappa shape index (κ3) is 3.73. The number of hydrogen-bond donors (Lipinski definition) is 1. The molecule has 0 saturated carbocycles. The third-order valence-electron chi connectivity index (χ3n) is 3.49. The first-order valence-corrected chi connectivity index (χ1v) is 7.94. The van der Waals surface area contributed by atoms with Crippen LogP contribution in [0.3, 0.4) is 0 Å². The molecule has 5 nitrogen and oxygen atoms in total. The average Bonchev–Trinajstić information content (AvgIpc) is 3.05. The first kappa shape index (κ1) is 16.0. The predicted octanol–water partition coefficient (Wildman–Crippen LogP) is 3.15. The Balaban J connectivity index is 1.76. The van der Waals surface area contributed by atoms with Gasteiger partial charge < -0.3 is 9.84 Å². The zero-order valence-electron chi connectivity index (χ0n) is 12.6. The highest BCUT2D eigenvalue weighted by atomic mass is 32.2.